The molecule has 1 fully saturated rings. The molecule has 1 aromatic heterocycles. The van der Waals surface area contributed by atoms with Crippen LogP contribution in [0.4, 0.5) is 5.69 Å². The SMILES string of the molecule is CCCNc1cc(C2CCCC2)nc2c(Cl)cc(I)cc12. The molecule has 0 saturated heterocycles. The Morgan fingerprint density at radius 3 is 2.76 bits per heavy atom. The summed E-state index contributed by atoms with van der Waals surface area (Å²) >= 11 is 8.77. The van der Waals surface area contributed by atoms with Crippen LogP contribution >= 0.6 is 34.2 Å². The zero-order valence-corrected chi connectivity index (χ0v) is 15.2. The van der Waals surface area contributed by atoms with Gasteiger partial charge in [-0.15, -0.1) is 0 Å². The fourth-order valence-corrected chi connectivity index (χ4v) is 4.18. The molecule has 0 radical (unpaired) electrons. The molecule has 1 heterocycles. The highest BCUT2D eigenvalue weighted by Gasteiger charge is 2.20. The molecule has 21 heavy (non-hydrogen) atoms. The Kier molecular flexibility index (Phi) is 4.89. The Bertz CT molecular complexity index is 651. The number of benzene rings is 1. The standard InChI is InChI=1S/C17H20ClIN2/c1-2-7-20-16-10-15(11-5-3-4-6-11)21-17-13(16)8-12(19)9-14(17)18/h8-11H,2-7H2,1H3,(H,20,21). The first-order valence-electron chi connectivity index (χ1n) is 7.72. The monoisotopic (exact) mass is 414 g/mol. The van der Waals surface area contributed by atoms with Gasteiger partial charge < -0.3 is 5.32 Å². The molecule has 4 heteroatoms. The van der Waals surface area contributed by atoms with Crippen LogP contribution in [0.2, 0.25) is 5.02 Å². The predicted octanol–water partition coefficient (Wildman–Crippen LogP) is 5.97. The topological polar surface area (TPSA) is 24.9 Å². The van der Waals surface area contributed by atoms with Crippen LogP contribution in [0.25, 0.3) is 10.9 Å². The second-order valence-electron chi connectivity index (χ2n) is 5.79. The maximum atomic E-state index is 6.45. The Morgan fingerprint density at radius 1 is 1.29 bits per heavy atom. The van der Waals surface area contributed by atoms with Crippen LogP contribution in [0.5, 0.6) is 0 Å². The van der Waals surface area contributed by atoms with Gasteiger partial charge in [-0.05, 0) is 60.1 Å². The third kappa shape index (κ3) is 3.29. The summed E-state index contributed by atoms with van der Waals surface area (Å²) < 4.78 is 1.15. The molecule has 0 unspecified atom stereocenters. The van der Waals surface area contributed by atoms with Gasteiger partial charge in [0, 0.05) is 32.8 Å². The molecular formula is C17H20ClIN2. The number of nitrogens with one attached hydrogen (secondary N) is 1. The van der Waals surface area contributed by atoms with E-state index in [1.165, 1.54) is 37.1 Å². The molecule has 0 atom stereocenters. The van der Waals surface area contributed by atoms with E-state index in [-0.39, 0.29) is 0 Å². The molecule has 1 aliphatic carbocycles. The van der Waals surface area contributed by atoms with Gasteiger partial charge in [-0.2, -0.15) is 0 Å². The Labute approximate surface area is 144 Å². The molecule has 2 nitrogen and oxygen atoms in total. The Morgan fingerprint density at radius 2 is 2.05 bits per heavy atom. The lowest BCUT2D eigenvalue weighted by molar-refractivity contribution is 0.701. The molecule has 2 aromatic rings. The van der Waals surface area contributed by atoms with Crippen molar-refractivity contribution in [1.29, 1.82) is 0 Å². The first-order chi connectivity index (χ1) is 10.2. The minimum Gasteiger partial charge on any atom is -0.384 e. The van der Waals surface area contributed by atoms with Crippen LogP contribution in [-0.4, -0.2) is 11.5 Å². The van der Waals surface area contributed by atoms with Gasteiger partial charge in [-0.1, -0.05) is 31.4 Å². The van der Waals surface area contributed by atoms with Crippen LogP contribution in [0.1, 0.15) is 50.6 Å². The highest BCUT2D eigenvalue weighted by atomic mass is 127. The van der Waals surface area contributed by atoms with Crippen molar-refractivity contribution in [2.45, 2.75) is 44.9 Å². The van der Waals surface area contributed by atoms with Crippen molar-refractivity contribution < 1.29 is 0 Å². The first-order valence-corrected chi connectivity index (χ1v) is 9.18. The minimum atomic E-state index is 0.604. The first kappa shape index (κ1) is 15.3. The van der Waals surface area contributed by atoms with Gasteiger partial charge in [0.1, 0.15) is 0 Å². The van der Waals surface area contributed by atoms with Gasteiger partial charge in [0.15, 0.2) is 0 Å². The fourth-order valence-electron chi connectivity index (χ4n) is 3.11. The third-order valence-corrected chi connectivity index (χ3v) is 5.10. The third-order valence-electron chi connectivity index (χ3n) is 4.19. The number of hydrogen-bond acceptors (Lipinski definition) is 2. The molecule has 1 saturated carbocycles. The van der Waals surface area contributed by atoms with E-state index in [1.54, 1.807) is 0 Å². The van der Waals surface area contributed by atoms with E-state index in [0.717, 1.165) is 32.5 Å². The molecule has 0 aliphatic heterocycles. The van der Waals surface area contributed by atoms with Crippen molar-refractivity contribution in [2.24, 2.45) is 0 Å². The Balaban J connectivity index is 2.13. The highest BCUT2D eigenvalue weighted by Crippen LogP contribution is 2.37. The number of anilines is 1. The van der Waals surface area contributed by atoms with Gasteiger partial charge in [-0.3, -0.25) is 4.98 Å². The summed E-state index contributed by atoms with van der Waals surface area (Å²) in [5.74, 6) is 0.604. The summed E-state index contributed by atoms with van der Waals surface area (Å²) in [6.07, 6.45) is 6.27. The van der Waals surface area contributed by atoms with Crippen molar-refractivity contribution in [3.8, 4) is 0 Å². The van der Waals surface area contributed by atoms with E-state index < -0.39 is 0 Å². The zero-order valence-electron chi connectivity index (χ0n) is 12.3. The van der Waals surface area contributed by atoms with Crippen molar-refractivity contribution in [3.63, 3.8) is 0 Å². The quantitative estimate of drug-likeness (QED) is 0.623. The Hall–Kier alpha value is -0.550. The lowest BCUT2D eigenvalue weighted by atomic mass is 10.0. The van der Waals surface area contributed by atoms with Crippen molar-refractivity contribution >= 4 is 50.8 Å². The molecule has 0 spiro atoms. The van der Waals surface area contributed by atoms with Crippen LogP contribution in [0, 0.1) is 3.57 Å². The molecule has 3 rings (SSSR count). The smallest absolute Gasteiger partial charge is 0.0913 e. The number of aromatic nitrogens is 1. The normalized spacial score (nSPS) is 15.8. The van der Waals surface area contributed by atoms with Gasteiger partial charge in [0.25, 0.3) is 0 Å². The van der Waals surface area contributed by atoms with E-state index in [1.807, 2.05) is 6.07 Å². The van der Waals surface area contributed by atoms with Gasteiger partial charge in [0.05, 0.1) is 10.5 Å². The van der Waals surface area contributed by atoms with E-state index >= 15 is 0 Å². The van der Waals surface area contributed by atoms with Crippen LogP contribution in [0.3, 0.4) is 0 Å². The molecule has 1 aliphatic rings. The minimum absolute atomic E-state index is 0.604. The molecule has 0 amide bonds. The number of fused-ring (bicyclic) bond motifs is 1. The number of hydrogen-bond donors (Lipinski definition) is 1. The predicted molar refractivity (Wildman–Crippen MR) is 99.5 cm³/mol. The van der Waals surface area contributed by atoms with Gasteiger partial charge >= 0.3 is 0 Å². The molecular weight excluding hydrogens is 395 g/mol. The molecule has 1 aromatic carbocycles. The lowest BCUT2D eigenvalue weighted by Gasteiger charge is -2.15. The maximum Gasteiger partial charge on any atom is 0.0913 e. The van der Waals surface area contributed by atoms with Gasteiger partial charge in [0.2, 0.25) is 0 Å². The largest absolute Gasteiger partial charge is 0.384 e. The fraction of sp³-hybridized carbons (Fsp3) is 0.471. The number of rotatable bonds is 4. The maximum absolute atomic E-state index is 6.45. The summed E-state index contributed by atoms with van der Waals surface area (Å²) in [5, 5.41) is 5.45. The lowest BCUT2D eigenvalue weighted by Crippen LogP contribution is -2.05. The number of nitrogens with zero attached hydrogens (tertiary/aromatic N) is 1. The molecule has 1 N–H and O–H groups in total. The van der Waals surface area contributed by atoms with E-state index in [4.69, 9.17) is 16.6 Å². The van der Waals surface area contributed by atoms with Crippen molar-refractivity contribution in [1.82, 2.24) is 4.98 Å². The van der Waals surface area contributed by atoms with Gasteiger partial charge in [-0.25, -0.2) is 0 Å². The van der Waals surface area contributed by atoms with Crippen LogP contribution < -0.4 is 5.32 Å². The summed E-state index contributed by atoms with van der Waals surface area (Å²) in [6, 6.07) is 6.42. The van der Waals surface area contributed by atoms with Crippen LogP contribution in [-0.2, 0) is 0 Å². The summed E-state index contributed by atoms with van der Waals surface area (Å²) in [6.45, 7) is 3.16. The average molecular weight is 415 g/mol. The van der Waals surface area contributed by atoms with E-state index in [0.29, 0.717) is 5.92 Å². The second kappa shape index (κ2) is 6.69. The second-order valence-corrected chi connectivity index (χ2v) is 7.44. The van der Waals surface area contributed by atoms with Crippen molar-refractivity contribution in [3.05, 3.63) is 32.5 Å². The number of pyridine rings is 1. The zero-order chi connectivity index (χ0) is 14.8. The van der Waals surface area contributed by atoms with Crippen LogP contribution in [0.15, 0.2) is 18.2 Å². The summed E-state index contributed by atoms with van der Waals surface area (Å²) in [5.41, 5.74) is 3.34. The van der Waals surface area contributed by atoms with Crippen molar-refractivity contribution in [2.75, 3.05) is 11.9 Å². The highest BCUT2D eigenvalue weighted by molar-refractivity contribution is 14.1. The summed E-state index contributed by atoms with van der Waals surface area (Å²) in [4.78, 5) is 4.89. The summed E-state index contributed by atoms with van der Waals surface area (Å²) in [7, 11) is 0. The van der Waals surface area contributed by atoms with E-state index in [2.05, 4.69) is 47.0 Å². The molecule has 112 valence electrons. The van der Waals surface area contributed by atoms with E-state index in [9.17, 15) is 0 Å². The molecule has 0 bridgehead atoms. The number of halogens is 2. The average Bonchev–Trinajstić information content (AvgIpc) is 2.99.